The Morgan fingerprint density at radius 1 is 1.03 bits per heavy atom. The van der Waals surface area contributed by atoms with Gasteiger partial charge in [-0.05, 0) is 54.1 Å². The Kier molecular flexibility index (Phi) is 8.68. The molecule has 0 radical (unpaired) electrons. The van der Waals surface area contributed by atoms with Crippen molar-refractivity contribution in [2.45, 2.75) is 0 Å². The normalized spacial score (nSPS) is 10.7. The van der Waals surface area contributed by atoms with Crippen molar-refractivity contribution in [1.82, 2.24) is 0 Å². The molecule has 0 aliphatic heterocycles. The van der Waals surface area contributed by atoms with Crippen LogP contribution in [0.1, 0.15) is 15.9 Å². The molecule has 188 valence electrons. The zero-order valence-corrected chi connectivity index (χ0v) is 20.8. The smallest absolute Gasteiger partial charge is 0.343 e. The average Bonchev–Trinajstić information content (AvgIpc) is 2.89. The van der Waals surface area contributed by atoms with Gasteiger partial charge >= 0.3 is 5.97 Å². The van der Waals surface area contributed by atoms with Crippen LogP contribution in [0.25, 0.3) is 6.08 Å². The summed E-state index contributed by atoms with van der Waals surface area (Å²) >= 11 is 12.3. The third-order valence-corrected chi connectivity index (χ3v) is 5.47. The second-order valence-corrected chi connectivity index (χ2v) is 8.01. The molecule has 12 heteroatoms. The summed E-state index contributed by atoms with van der Waals surface area (Å²) < 4.78 is 15.8. The molecule has 3 rings (SSSR count). The minimum absolute atomic E-state index is 0.0214. The number of ether oxygens (including phenoxy) is 3. The standard InChI is InChI=1S/C25H17Cl2N3O7/c1-35-18-6-3-15(4-7-18)25(32)37-23-20(27)10-14(11-22(23)36-2)9-16(13-28)24(31)29-21-12-17(30(33)34)5-8-19(21)26/h3-12H,1-2H3,(H,29,31)/b16-9+. The summed E-state index contributed by atoms with van der Waals surface area (Å²) in [5.74, 6) is -0.992. The van der Waals surface area contributed by atoms with E-state index in [2.05, 4.69) is 5.32 Å². The lowest BCUT2D eigenvalue weighted by Gasteiger charge is -2.12. The number of nitrogens with zero attached hydrogens (tertiary/aromatic N) is 2. The number of nitriles is 1. The van der Waals surface area contributed by atoms with Crippen molar-refractivity contribution >= 4 is 52.5 Å². The van der Waals surface area contributed by atoms with Crippen LogP contribution in [0, 0.1) is 21.4 Å². The largest absolute Gasteiger partial charge is 0.497 e. The third-order valence-electron chi connectivity index (χ3n) is 4.86. The van der Waals surface area contributed by atoms with Crippen molar-refractivity contribution in [3.8, 4) is 23.3 Å². The van der Waals surface area contributed by atoms with Gasteiger partial charge < -0.3 is 19.5 Å². The van der Waals surface area contributed by atoms with Crippen LogP contribution >= 0.6 is 23.2 Å². The number of halogens is 2. The van der Waals surface area contributed by atoms with Crippen molar-refractivity contribution in [3.05, 3.63) is 91.5 Å². The molecule has 0 bridgehead atoms. The topological polar surface area (TPSA) is 141 Å². The van der Waals surface area contributed by atoms with E-state index < -0.39 is 16.8 Å². The molecule has 0 aliphatic carbocycles. The second-order valence-electron chi connectivity index (χ2n) is 7.20. The van der Waals surface area contributed by atoms with Gasteiger partial charge in [-0.15, -0.1) is 0 Å². The van der Waals surface area contributed by atoms with Crippen LogP contribution in [0.3, 0.4) is 0 Å². The van der Waals surface area contributed by atoms with Crippen LogP contribution in [0.4, 0.5) is 11.4 Å². The van der Waals surface area contributed by atoms with Gasteiger partial charge in [0.05, 0.1) is 40.4 Å². The van der Waals surface area contributed by atoms with Crippen molar-refractivity contribution < 1.29 is 28.7 Å². The average molecular weight is 542 g/mol. The number of nitro groups is 1. The van der Waals surface area contributed by atoms with Gasteiger partial charge in [-0.25, -0.2) is 4.79 Å². The summed E-state index contributed by atoms with van der Waals surface area (Å²) in [6, 6.07) is 14.3. The number of nitro benzene ring substituents is 1. The molecule has 0 atom stereocenters. The number of benzene rings is 3. The summed E-state index contributed by atoms with van der Waals surface area (Å²) in [5, 5.41) is 22.9. The second kappa shape index (κ2) is 11.9. The van der Waals surface area contributed by atoms with Crippen molar-refractivity contribution in [2.24, 2.45) is 0 Å². The maximum atomic E-state index is 12.7. The molecule has 3 aromatic carbocycles. The summed E-state index contributed by atoms with van der Waals surface area (Å²) in [6.45, 7) is 0. The maximum Gasteiger partial charge on any atom is 0.343 e. The molecule has 0 saturated carbocycles. The highest BCUT2D eigenvalue weighted by Gasteiger charge is 2.19. The van der Waals surface area contributed by atoms with Crippen LogP contribution in [-0.4, -0.2) is 31.0 Å². The van der Waals surface area contributed by atoms with Gasteiger partial charge in [-0.1, -0.05) is 23.2 Å². The number of amides is 1. The maximum absolute atomic E-state index is 12.7. The number of non-ortho nitro benzene ring substituents is 1. The van der Waals surface area contributed by atoms with Gasteiger partial charge in [0.15, 0.2) is 11.5 Å². The van der Waals surface area contributed by atoms with Crippen molar-refractivity contribution in [3.63, 3.8) is 0 Å². The van der Waals surface area contributed by atoms with E-state index in [4.69, 9.17) is 37.4 Å². The van der Waals surface area contributed by atoms with Gasteiger partial charge in [-0.2, -0.15) is 5.26 Å². The van der Waals surface area contributed by atoms with E-state index >= 15 is 0 Å². The van der Waals surface area contributed by atoms with E-state index in [0.29, 0.717) is 5.75 Å². The summed E-state index contributed by atoms with van der Waals surface area (Å²) in [6.07, 6.45) is 1.21. The first-order chi connectivity index (χ1) is 17.7. The Morgan fingerprint density at radius 2 is 1.73 bits per heavy atom. The Balaban J connectivity index is 1.86. The number of nitrogens with one attached hydrogen (secondary N) is 1. The van der Waals surface area contributed by atoms with E-state index in [-0.39, 0.29) is 49.6 Å². The zero-order valence-electron chi connectivity index (χ0n) is 19.3. The van der Waals surface area contributed by atoms with E-state index in [9.17, 15) is 25.0 Å². The lowest BCUT2D eigenvalue weighted by atomic mass is 10.1. The Hall–Kier alpha value is -4.59. The fourth-order valence-corrected chi connectivity index (χ4v) is 3.45. The predicted molar refractivity (Wildman–Crippen MR) is 136 cm³/mol. The molecule has 1 N–H and O–H groups in total. The molecule has 1 amide bonds. The Labute approximate surface area is 220 Å². The molecule has 0 aromatic heterocycles. The molecule has 0 unspecified atom stereocenters. The lowest BCUT2D eigenvalue weighted by molar-refractivity contribution is -0.384. The van der Waals surface area contributed by atoms with Crippen LogP contribution in [0.5, 0.6) is 17.2 Å². The van der Waals surface area contributed by atoms with Crippen LogP contribution in [0.2, 0.25) is 10.0 Å². The number of carbonyl (C=O) groups is 2. The first-order valence-corrected chi connectivity index (χ1v) is 11.0. The number of methoxy groups -OCH3 is 2. The molecule has 0 fully saturated rings. The highest BCUT2D eigenvalue weighted by molar-refractivity contribution is 6.34. The molecule has 3 aromatic rings. The fraction of sp³-hybridized carbons (Fsp3) is 0.0800. The first kappa shape index (κ1) is 27.0. The van der Waals surface area contributed by atoms with Crippen LogP contribution in [-0.2, 0) is 4.79 Å². The molecule has 0 saturated heterocycles. The summed E-state index contributed by atoms with van der Waals surface area (Å²) in [4.78, 5) is 35.6. The Bertz CT molecular complexity index is 1450. The van der Waals surface area contributed by atoms with E-state index in [0.717, 1.165) is 6.07 Å². The third kappa shape index (κ3) is 6.55. The van der Waals surface area contributed by atoms with Gasteiger partial charge in [0.1, 0.15) is 17.4 Å². The SMILES string of the molecule is COc1ccc(C(=O)Oc2c(Cl)cc(/C=C(\C#N)C(=O)Nc3cc([N+](=O)[O-])ccc3Cl)cc2OC)cc1. The molecule has 0 spiro atoms. The molecule has 0 aliphatic rings. The van der Waals surface area contributed by atoms with Crippen molar-refractivity contribution in [2.75, 3.05) is 19.5 Å². The van der Waals surface area contributed by atoms with Gasteiger partial charge in [0.2, 0.25) is 0 Å². The molecular weight excluding hydrogens is 525 g/mol. The number of anilines is 1. The number of hydrogen-bond donors (Lipinski definition) is 1. The van der Waals surface area contributed by atoms with Crippen LogP contribution < -0.4 is 19.5 Å². The van der Waals surface area contributed by atoms with Crippen LogP contribution in [0.15, 0.2) is 60.2 Å². The van der Waals surface area contributed by atoms with Gasteiger partial charge in [0, 0.05) is 12.1 Å². The summed E-state index contributed by atoms with van der Waals surface area (Å²) in [7, 11) is 2.82. The number of carbonyl (C=O) groups excluding carboxylic acids is 2. The highest BCUT2D eigenvalue weighted by atomic mass is 35.5. The lowest BCUT2D eigenvalue weighted by Crippen LogP contribution is -2.14. The number of rotatable bonds is 8. The van der Waals surface area contributed by atoms with Crippen molar-refractivity contribution in [1.29, 1.82) is 5.26 Å². The van der Waals surface area contributed by atoms with Gasteiger partial charge in [-0.3, -0.25) is 14.9 Å². The Morgan fingerprint density at radius 3 is 2.32 bits per heavy atom. The molecule has 10 nitrogen and oxygen atoms in total. The monoisotopic (exact) mass is 541 g/mol. The molecular formula is C25H17Cl2N3O7. The minimum Gasteiger partial charge on any atom is -0.497 e. The molecule has 37 heavy (non-hydrogen) atoms. The quantitative estimate of drug-likeness (QED) is 0.0957. The number of esters is 1. The van der Waals surface area contributed by atoms with E-state index in [1.54, 1.807) is 18.2 Å². The predicted octanol–water partition coefficient (Wildman–Crippen LogP) is 5.68. The van der Waals surface area contributed by atoms with E-state index in [1.165, 1.54) is 56.7 Å². The minimum atomic E-state index is -0.866. The van der Waals surface area contributed by atoms with E-state index in [1.807, 2.05) is 0 Å². The fourth-order valence-electron chi connectivity index (χ4n) is 3.03. The van der Waals surface area contributed by atoms with Gasteiger partial charge in [0.25, 0.3) is 11.6 Å². The summed E-state index contributed by atoms with van der Waals surface area (Å²) in [5.41, 5.74) is -0.172. The zero-order chi connectivity index (χ0) is 27.1. The highest BCUT2D eigenvalue weighted by Crippen LogP contribution is 2.38. The number of hydrogen-bond acceptors (Lipinski definition) is 8. The molecule has 0 heterocycles. The first-order valence-electron chi connectivity index (χ1n) is 10.3.